The normalized spacial score (nSPS) is 10.3. The summed E-state index contributed by atoms with van der Waals surface area (Å²) in [4.78, 5) is 12.6. The summed E-state index contributed by atoms with van der Waals surface area (Å²) in [5.74, 6) is 0.831. The van der Waals surface area contributed by atoms with E-state index >= 15 is 0 Å². The van der Waals surface area contributed by atoms with Crippen LogP contribution in [0.3, 0.4) is 0 Å². The largest absolute Gasteiger partial charge is 0.350 e. The second-order valence-electron chi connectivity index (χ2n) is 3.36. The third kappa shape index (κ3) is 2.31. The molecule has 0 aliphatic heterocycles. The fraction of sp³-hybridized carbons (Fsp3) is 0.300. The summed E-state index contributed by atoms with van der Waals surface area (Å²) in [7, 11) is 1.94. The van der Waals surface area contributed by atoms with Crippen molar-refractivity contribution in [2.24, 2.45) is 7.05 Å². The highest BCUT2D eigenvalue weighted by Crippen LogP contribution is 2.03. The van der Waals surface area contributed by atoms with Gasteiger partial charge in [0.25, 0.3) is 0 Å². The zero-order valence-corrected chi connectivity index (χ0v) is 8.81. The van der Waals surface area contributed by atoms with E-state index in [2.05, 4.69) is 20.3 Å². The van der Waals surface area contributed by atoms with Crippen LogP contribution in [-0.4, -0.2) is 19.5 Å². The van der Waals surface area contributed by atoms with Crippen LogP contribution >= 0.6 is 0 Å². The lowest BCUT2D eigenvalue weighted by atomic mass is 10.4. The van der Waals surface area contributed by atoms with Gasteiger partial charge in [-0.2, -0.15) is 0 Å². The quantitative estimate of drug-likeness (QED) is 0.812. The molecule has 0 aliphatic carbocycles. The third-order valence-electron chi connectivity index (χ3n) is 2.08. The summed E-state index contributed by atoms with van der Waals surface area (Å²) in [6.45, 7) is 2.56. The molecule has 5 heteroatoms. The minimum atomic E-state index is 0.637. The lowest BCUT2D eigenvalue weighted by Gasteiger charge is -2.04. The van der Waals surface area contributed by atoms with Crippen LogP contribution in [0.25, 0.3) is 0 Å². The van der Waals surface area contributed by atoms with Gasteiger partial charge in [-0.1, -0.05) is 0 Å². The smallest absolute Gasteiger partial charge is 0.202 e. The predicted octanol–water partition coefficient (Wildman–Crippen LogP) is 1.13. The number of imidazole rings is 1. The minimum absolute atomic E-state index is 0.637. The van der Waals surface area contributed by atoms with E-state index in [-0.39, 0.29) is 0 Å². The monoisotopic (exact) mass is 203 g/mol. The van der Waals surface area contributed by atoms with E-state index in [1.807, 2.05) is 24.7 Å². The van der Waals surface area contributed by atoms with Crippen LogP contribution in [0.4, 0.5) is 5.95 Å². The average Bonchev–Trinajstić information content (AvgIpc) is 2.63. The summed E-state index contributed by atoms with van der Waals surface area (Å²) in [6.07, 6.45) is 7.17. The van der Waals surface area contributed by atoms with E-state index in [4.69, 9.17) is 0 Å². The van der Waals surface area contributed by atoms with Gasteiger partial charge in [-0.25, -0.2) is 4.98 Å². The van der Waals surface area contributed by atoms with Crippen LogP contribution in [0.2, 0.25) is 0 Å². The number of nitrogens with one attached hydrogen (secondary N) is 1. The van der Waals surface area contributed by atoms with Gasteiger partial charge < -0.3 is 9.88 Å². The first-order valence-electron chi connectivity index (χ1n) is 4.74. The van der Waals surface area contributed by atoms with Gasteiger partial charge in [0.2, 0.25) is 5.95 Å². The van der Waals surface area contributed by atoms with Gasteiger partial charge in [0.1, 0.15) is 0 Å². The molecule has 2 aromatic rings. The Morgan fingerprint density at radius 2 is 2.13 bits per heavy atom. The molecule has 0 atom stereocenters. The maximum absolute atomic E-state index is 4.25. The molecule has 0 fully saturated rings. The zero-order valence-electron chi connectivity index (χ0n) is 8.81. The Hall–Kier alpha value is -1.91. The van der Waals surface area contributed by atoms with Crippen molar-refractivity contribution in [2.45, 2.75) is 13.5 Å². The van der Waals surface area contributed by atoms with Gasteiger partial charge in [-0.3, -0.25) is 9.97 Å². The lowest BCUT2D eigenvalue weighted by molar-refractivity contribution is 0.886. The minimum Gasteiger partial charge on any atom is -0.350 e. The van der Waals surface area contributed by atoms with Crippen LogP contribution in [0.1, 0.15) is 11.4 Å². The van der Waals surface area contributed by atoms with Crippen LogP contribution in [0.15, 0.2) is 24.8 Å². The Bertz CT molecular complexity index is 431. The molecule has 0 aliphatic rings. The van der Waals surface area contributed by atoms with E-state index < -0.39 is 0 Å². The van der Waals surface area contributed by atoms with Crippen LogP contribution in [0.5, 0.6) is 0 Å². The Balaban J connectivity index is 1.99. The molecule has 0 saturated carbocycles. The molecule has 0 unspecified atom stereocenters. The first kappa shape index (κ1) is 9.64. The van der Waals surface area contributed by atoms with E-state index in [0.29, 0.717) is 6.54 Å². The highest BCUT2D eigenvalue weighted by molar-refractivity contribution is 5.26. The molecule has 2 aromatic heterocycles. The van der Waals surface area contributed by atoms with Crippen molar-refractivity contribution in [3.05, 3.63) is 36.2 Å². The topological polar surface area (TPSA) is 55.6 Å². The summed E-state index contributed by atoms with van der Waals surface area (Å²) in [5, 5.41) is 3.18. The Morgan fingerprint density at radius 3 is 2.73 bits per heavy atom. The van der Waals surface area contributed by atoms with E-state index in [1.165, 1.54) is 0 Å². The molecule has 0 aromatic carbocycles. The predicted molar refractivity (Wildman–Crippen MR) is 57.3 cm³/mol. The maximum atomic E-state index is 4.25. The summed E-state index contributed by atoms with van der Waals surface area (Å²) in [6, 6.07) is 0. The molecular weight excluding hydrogens is 190 g/mol. The molecule has 1 N–H and O–H groups in total. The summed E-state index contributed by atoms with van der Waals surface area (Å²) < 4.78 is 1.92. The van der Waals surface area contributed by atoms with Gasteiger partial charge in [0.15, 0.2) is 0 Å². The summed E-state index contributed by atoms with van der Waals surface area (Å²) in [5.41, 5.74) is 1.83. The van der Waals surface area contributed by atoms with Gasteiger partial charge in [0, 0.05) is 25.6 Å². The molecule has 2 rings (SSSR count). The lowest BCUT2D eigenvalue weighted by Crippen LogP contribution is -2.06. The Morgan fingerprint density at radius 1 is 1.27 bits per heavy atom. The van der Waals surface area contributed by atoms with Gasteiger partial charge >= 0.3 is 0 Å². The molecule has 0 saturated heterocycles. The summed E-state index contributed by atoms with van der Waals surface area (Å²) >= 11 is 0. The molecule has 0 amide bonds. The van der Waals surface area contributed by atoms with Crippen molar-refractivity contribution in [1.29, 1.82) is 0 Å². The first-order valence-corrected chi connectivity index (χ1v) is 4.74. The van der Waals surface area contributed by atoms with Crippen molar-refractivity contribution >= 4 is 5.95 Å². The molecule has 0 spiro atoms. The molecule has 2 heterocycles. The molecule has 0 radical (unpaired) electrons. The van der Waals surface area contributed by atoms with Crippen molar-refractivity contribution in [1.82, 2.24) is 19.5 Å². The fourth-order valence-corrected chi connectivity index (χ4v) is 1.22. The van der Waals surface area contributed by atoms with E-state index in [9.17, 15) is 0 Å². The second kappa shape index (κ2) is 4.08. The SMILES string of the molecule is Cc1cnc(CNc2nccn2C)cn1. The maximum Gasteiger partial charge on any atom is 0.202 e. The van der Waals surface area contributed by atoms with E-state index in [1.54, 1.807) is 18.6 Å². The van der Waals surface area contributed by atoms with Gasteiger partial charge in [-0.15, -0.1) is 0 Å². The van der Waals surface area contributed by atoms with Crippen molar-refractivity contribution in [2.75, 3.05) is 5.32 Å². The van der Waals surface area contributed by atoms with Gasteiger partial charge in [-0.05, 0) is 6.92 Å². The number of aryl methyl sites for hydroxylation is 2. The van der Waals surface area contributed by atoms with Crippen molar-refractivity contribution in [3.63, 3.8) is 0 Å². The third-order valence-corrected chi connectivity index (χ3v) is 2.08. The molecule has 0 bridgehead atoms. The number of hydrogen-bond acceptors (Lipinski definition) is 4. The average molecular weight is 203 g/mol. The van der Waals surface area contributed by atoms with Crippen LogP contribution in [0, 0.1) is 6.92 Å². The number of anilines is 1. The number of hydrogen-bond donors (Lipinski definition) is 1. The van der Waals surface area contributed by atoms with E-state index in [0.717, 1.165) is 17.3 Å². The standard InChI is InChI=1S/C10H13N5/c1-8-5-13-9(6-12-8)7-14-10-11-3-4-15(10)2/h3-6H,7H2,1-2H3,(H,11,14). The first-order chi connectivity index (χ1) is 7.25. The number of nitrogens with zero attached hydrogens (tertiary/aromatic N) is 4. The molecule has 15 heavy (non-hydrogen) atoms. The van der Waals surface area contributed by atoms with Crippen molar-refractivity contribution < 1.29 is 0 Å². The highest BCUT2D eigenvalue weighted by atomic mass is 15.2. The molecule has 78 valence electrons. The zero-order chi connectivity index (χ0) is 10.7. The second-order valence-corrected chi connectivity index (χ2v) is 3.36. The molecule has 5 nitrogen and oxygen atoms in total. The fourth-order valence-electron chi connectivity index (χ4n) is 1.22. The Labute approximate surface area is 88.2 Å². The van der Waals surface area contributed by atoms with Crippen LogP contribution in [-0.2, 0) is 13.6 Å². The van der Waals surface area contributed by atoms with Crippen molar-refractivity contribution in [3.8, 4) is 0 Å². The molecular formula is C10H13N5. The number of rotatable bonds is 3. The van der Waals surface area contributed by atoms with Crippen LogP contribution < -0.4 is 5.32 Å². The Kier molecular flexibility index (Phi) is 2.62. The highest BCUT2D eigenvalue weighted by Gasteiger charge is 1.99. The van der Waals surface area contributed by atoms with Gasteiger partial charge in [0.05, 0.1) is 24.1 Å². The number of aromatic nitrogens is 4.